The summed E-state index contributed by atoms with van der Waals surface area (Å²) in [6.45, 7) is 0. The molecule has 1 amide bonds. The summed E-state index contributed by atoms with van der Waals surface area (Å²) in [5.74, 6) is 0.0347. The molecule has 0 saturated heterocycles. The van der Waals surface area contributed by atoms with Crippen LogP contribution >= 0.6 is 11.6 Å². The monoisotopic (exact) mass is 416 g/mol. The number of benzene rings is 3. The summed E-state index contributed by atoms with van der Waals surface area (Å²) in [6.07, 6.45) is 0. The third-order valence-corrected chi connectivity index (χ3v) is 5.48. The fraction of sp³-hybridized carbons (Fsp3) is 0.0500. The Bertz CT molecular complexity index is 1100. The first-order valence-electron chi connectivity index (χ1n) is 8.22. The minimum Gasteiger partial charge on any atom is -0.495 e. The van der Waals surface area contributed by atoms with Crippen LogP contribution in [-0.4, -0.2) is 21.4 Å². The number of ether oxygens (including phenoxy) is 1. The molecule has 0 bridgehead atoms. The molecule has 0 unspecified atom stereocenters. The Morgan fingerprint density at radius 3 is 2.36 bits per heavy atom. The van der Waals surface area contributed by atoms with Crippen LogP contribution in [0, 0.1) is 0 Å². The van der Waals surface area contributed by atoms with Gasteiger partial charge in [-0.1, -0.05) is 29.8 Å². The molecule has 0 heterocycles. The van der Waals surface area contributed by atoms with Crippen molar-refractivity contribution in [3.8, 4) is 5.75 Å². The van der Waals surface area contributed by atoms with Crippen molar-refractivity contribution in [2.24, 2.45) is 0 Å². The maximum absolute atomic E-state index is 12.6. The van der Waals surface area contributed by atoms with Crippen LogP contribution in [0.2, 0.25) is 5.02 Å². The van der Waals surface area contributed by atoms with Gasteiger partial charge in [-0.15, -0.1) is 0 Å². The number of hydrogen-bond donors (Lipinski definition) is 2. The molecule has 8 heteroatoms. The van der Waals surface area contributed by atoms with Gasteiger partial charge in [0.15, 0.2) is 0 Å². The maximum Gasteiger partial charge on any atom is 0.262 e. The zero-order valence-electron chi connectivity index (χ0n) is 14.8. The van der Waals surface area contributed by atoms with Crippen LogP contribution in [0.1, 0.15) is 10.4 Å². The van der Waals surface area contributed by atoms with Crippen LogP contribution in [-0.2, 0) is 10.0 Å². The van der Waals surface area contributed by atoms with E-state index >= 15 is 0 Å². The largest absolute Gasteiger partial charge is 0.495 e. The van der Waals surface area contributed by atoms with E-state index in [9.17, 15) is 13.2 Å². The second-order valence-electron chi connectivity index (χ2n) is 5.79. The summed E-state index contributed by atoms with van der Waals surface area (Å²) < 4.78 is 32.8. The van der Waals surface area contributed by atoms with Crippen LogP contribution in [0.4, 0.5) is 11.4 Å². The molecule has 144 valence electrons. The molecule has 0 fully saturated rings. The average Bonchev–Trinajstić information content (AvgIpc) is 2.68. The van der Waals surface area contributed by atoms with Crippen molar-refractivity contribution >= 4 is 38.9 Å². The highest BCUT2D eigenvalue weighted by atomic mass is 35.5. The summed E-state index contributed by atoms with van der Waals surface area (Å²) >= 11 is 5.90. The van der Waals surface area contributed by atoms with Crippen LogP contribution in [0.5, 0.6) is 5.75 Å². The van der Waals surface area contributed by atoms with Crippen LogP contribution in [0.3, 0.4) is 0 Å². The molecule has 0 spiro atoms. The third kappa shape index (κ3) is 4.62. The number of anilines is 2. The standard InChI is InChI=1S/C20H17ClN2O4S/c1-27-19-8-3-2-7-18(19)23-28(25,26)17-11-9-14(10-12-17)20(24)22-16-6-4-5-15(21)13-16/h2-13,23H,1H3,(H,22,24). The quantitative estimate of drug-likeness (QED) is 0.623. The molecule has 3 rings (SSSR count). The van der Waals surface area contributed by atoms with Crippen molar-refractivity contribution in [3.05, 3.63) is 83.4 Å². The Morgan fingerprint density at radius 2 is 1.68 bits per heavy atom. The Kier molecular flexibility index (Phi) is 5.87. The summed E-state index contributed by atoms with van der Waals surface area (Å²) in [5, 5.41) is 3.21. The summed E-state index contributed by atoms with van der Waals surface area (Å²) in [7, 11) is -2.37. The van der Waals surface area contributed by atoms with E-state index < -0.39 is 10.0 Å². The molecule has 3 aromatic rings. The topological polar surface area (TPSA) is 84.5 Å². The van der Waals surface area contributed by atoms with Crippen LogP contribution in [0.15, 0.2) is 77.7 Å². The lowest BCUT2D eigenvalue weighted by atomic mass is 10.2. The zero-order chi connectivity index (χ0) is 20.1. The van der Waals surface area contributed by atoms with Crippen molar-refractivity contribution in [3.63, 3.8) is 0 Å². The average molecular weight is 417 g/mol. The number of hydrogen-bond acceptors (Lipinski definition) is 4. The van der Waals surface area contributed by atoms with Gasteiger partial charge in [-0.05, 0) is 54.6 Å². The molecule has 0 radical (unpaired) electrons. The number of sulfonamides is 1. The lowest BCUT2D eigenvalue weighted by Crippen LogP contribution is -2.15. The number of halogens is 1. The number of amides is 1. The lowest BCUT2D eigenvalue weighted by molar-refractivity contribution is 0.102. The van der Waals surface area contributed by atoms with Gasteiger partial charge >= 0.3 is 0 Å². The van der Waals surface area contributed by atoms with Crippen molar-refractivity contribution in [1.82, 2.24) is 0 Å². The van der Waals surface area contributed by atoms with E-state index in [2.05, 4.69) is 10.0 Å². The van der Waals surface area contributed by atoms with Gasteiger partial charge in [0.25, 0.3) is 15.9 Å². The molecule has 0 saturated carbocycles. The number of carbonyl (C=O) groups is 1. The van der Waals surface area contributed by atoms with Crippen molar-refractivity contribution in [1.29, 1.82) is 0 Å². The third-order valence-electron chi connectivity index (χ3n) is 3.86. The second kappa shape index (κ2) is 8.33. The minimum absolute atomic E-state index is 0.0257. The van der Waals surface area contributed by atoms with E-state index in [0.717, 1.165) is 0 Å². The predicted molar refractivity (Wildman–Crippen MR) is 110 cm³/mol. The molecule has 0 aromatic heterocycles. The minimum atomic E-state index is -3.83. The second-order valence-corrected chi connectivity index (χ2v) is 7.91. The number of para-hydroxylation sites is 2. The van der Waals surface area contributed by atoms with Gasteiger partial charge in [0.05, 0.1) is 17.7 Å². The Hall–Kier alpha value is -3.03. The smallest absolute Gasteiger partial charge is 0.262 e. The fourth-order valence-electron chi connectivity index (χ4n) is 2.49. The first-order chi connectivity index (χ1) is 13.4. The van der Waals surface area contributed by atoms with E-state index in [0.29, 0.717) is 27.7 Å². The lowest BCUT2D eigenvalue weighted by Gasteiger charge is -2.12. The molecule has 0 atom stereocenters. The van der Waals surface area contributed by atoms with Gasteiger partial charge in [-0.25, -0.2) is 8.42 Å². The highest BCUT2D eigenvalue weighted by Gasteiger charge is 2.17. The summed E-state index contributed by atoms with van der Waals surface area (Å²) in [5.41, 5.74) is 1.19. The molecule has 28 heavy (non-hydrogen) atoms. The van der Waals surface area contributed by atoms with E-state index in [1.165, 1.54) is 31.4 Å². The summed E-state index contributed by atoms with van der Waals surface area (Å²) in [6, 6.07) is 19.1. The molecular formula is C20H17ClN2O4S. The van der Waals surface area contributed by atoms with Crippen molar-refractivity contribution in [2.45, 2.75) is 4.90 Å². The zero-order valence-corrected chi connectivity index (χ0v) is 16.4. The molecule has 0 aliphatic rings. The molecule has 6 nitrogen and oxygen atoms in total. The van der Waals surface area contributed by atoms with E-state index in [1.54, 1.807) is 48.5 Å². The Labute approximate surface area is 168 Å². The van der Waals surface area contributed by atoms with Gasteiger partial charge in [0, 0.05) is 16.3 Å². The van der Waals surface area contributed by atoms with Gasteiger partial charge < -0.3 is 10.1 Å². The molecule has 0 aliphatic carbocycles. The van der Waals surface area contributed by atoms with Gasteiger partial charge in [-0.2, -0.15) is 0 Å². The SMILES string of the molecule is COc1ccccc1NS(=O)(=O)c1ccc(C(=O)Nc2cccc(Cl)c2)cc1. The summed E-state index contributed by atoms with van der Waals surface area (Å²) in [4.78, 5) is 12.4. The molecule has 3 aromatic carbocycles. The van der Waals surface area contributed by atoms with E-state index in [-0.39, 0.29) is 10.8 Å². The number of rotatable bonds is 6. The maximum atomic E-state index is 12.6. The van der Waals surface area contributed by atoms with Gasteiger partial charge in [0.1, 0.15) is 5.75 Å². The van der Waals surface area contributed by atoms with Crippen LogP contribution in [0.25, 0.3) is 0 Å². The normalized spacial score (nSPS) is 10.9. The molecule has 0 aliphatic heterocycles. The number of nitrogens with one attached hydrogen (secondary N) is 2. The Morgan fingerprint density at radius 1 is 0.964 bits per heavy atom. The first-order valence-corrected chi connectivity index (χ1v) is 10.1. The van der Waals surface area contributed by atoms with Gasteiger partial charge in [-0.3, -0.25) is 9.52 Å². The fourth-order valence-corrected chi connectivity index (χ4v) is 3.75. The molecular weight excluding hydrogens is 400 g/mol. The van der Waals surface area contributed by atoms with E-state index in [4.69, 9.17) is 16.3 Å². The highest BCUT2D eigenvalue weighted by molar-refractivity contribution is 7.92. The number of methoxy groups -OCH3 is 1. The Balaban J connectivity index is 1.76. The predicted octanol–water partition coefficient (Wildman–Crippen LogP) is 4.40. The highest BCUT2D eigenvalue weighted by Crippen LogP contribution is 2.26. The van der Waals surface area contributed by atoms with Gasteiger partial charge in [0.2, 0.25) is 0 Å². The number of carbonyl (C=O) groups excluding carboxylic acids is 1. The van der Waals surface area contributed by atoms with Crippen molar-refractivity contribution in [2.75, 3.05) is 17.1 Å². The first kappa shape index (κ1) is 19.7. The van der Waals surface area contributed by atoms with Crippen LogP contribution < -0.4 is 14.8 Å². The van der Waals surface area contributed by atoms with E-state index in [1.807, 2.05) is 0 Å². The molecule has 2 N–H and O–H groups in total. The van der Waals surface area contributed by atoms with Crippen molar-refractivity contribution < 1.29 is 17.9 Å².